The maximum absolute atomic E-state index is 11.6. The van der Waals surface area contributed by atoms with Crippen molar-refractivity contribution >= 4 is 19.2 Å². The molecule has 0 aromatic carbocycles. The van der Waals surface area contributed by atoms with E-state index in [0.717, 1.165) is 6.66 Å². The molecule has 5 nitrogen and oxygen atoms in total. The minimum atomic E-state index is -3.69. The van der Waals surface area contributed by atoms with E-state index in [2.05, 4.69) is 11.1 Å². The molecule has 0 saturated heterocycles. The lowest BCUT2D eigenvalue weighted by Gasteiger charge is -2.20. The first-order valence-electron chi connectivity index (χ1n) is 5.79. The summed E-state index contributed by atoms with van der Waals surface area (Å²) >= 11 is 0. The smallest absolute Gasteiger partial charge is 0.144 e. The van der Waals surface area contributed by atoms with Gasteiger partial charge < -0.3 is 14.0 Å². The SMILES string of the molecule is C=CC(CCCOP(C)(=O)[O-])C1[CH]C(=O)CC1=O. The number of Topliss-reactive ketones (excluding diaryl/α,β-unsaturated/α-hetero) is 2. The third-order valence-corrected chi connectivity index (χ3v) is 3.51. The maximum atomic E-state index is 11.6. The maximum Gasteiger partial charge on any atom is 0.144 e. The lowest BCUT2D eigenvalue weighted by Crippen LogP contribution is -2.18. The van der Waals surface area contributed by atoms with Crippen molar-refractivity contribution in [3.05, 3.63) is 19.1 Å². The van der Waals surface area contributed by atoms with Gasteiger partial charge in [0.2, 0.25) is 0 Å². The molecule has 1 saturated carbocycles. The van der Waals surface area contributed by atoms with E-state index in [9.17, 15) is 19.0 Å². The van der Waals surface area contributed by atoms with Crippen LogP contribution in [0.5, 0.6) is 0 Å². The molecule has 18 heavy (non-hydrogen) atoms. The summed E-state index contributed by atoms with van der Waals surface area (Å²) in [6.45, 7) is 4.76. The van der Waals surface area contributed by atoms with Gasteiger partial charge in [-0.05, 0) is 18.8 Å². The molecule has 1 rings (SSSR count). The Bertz CT molecular complexity index is 384. The fraction of sp³-hybridized carbons (Fsp3) is 0.583. The van der Waals surface area contributed by atoms with Crippen molar-refractivity contribution in [1.29, 1.82) is 0 Å². The summed E-state index contributed by atoms with van der Waals surface area (Å²) < 4.78 is 15.4. The van der Waals surface area contributed by atoms with Crippen LogP contribution in [0.4, 0.5) is 0 Å². The Morgan fingerprint density at radius 1 is 1.67 bits per heavy atom. The predicted octanol–water partition coefficient (Wildman–Crippen LogP) is 1.13. The van der Waals surface area contributed by atoms with Crippen molar-refractivity contribution in [1.82, 2.24) is 0 Å². The molecule has 3 unspecified atom stereocenters. The molecule has 1 aliphatic rings. The van der Waals surface area contributed by atoms with E-state index in [1.807, 2.05) is 0 Å². The number of carbonyl (C=O) groups excluding carboxylic acids is 2. The van der Waals surface area contributed by atoms with Crippen molar-refractivity contribution < 1.29 is 23.6 Å². The second kappa shape index (κ2) is 6.41. The third-order valence-electron chi connectivity index (χ3n) is 2.86. The van der Waals surface area contributed by atoms with Crippen LogP contribution in [0.2, 0.25) is 0 Å². The average molecular weight is 272 g/mol. The highest BCUT2D eigenvalue weighted by Crippen LogP contribution is 2.33. The van der Waals surface area contributed by atoms with Gasteiger partial charge in [-0.3, -0.25) is 9.59 Å². The highest BCUT2D eigenvalue weighted by molar-refractivity contribution is 7.50. The van der Waals surface area contributed by atoms with E-state index >= 15 is 0 Å². The number of rotatable bonds is 7. The van der Waals surface area contributed by atoms with Gasteiger partial charge in [0, 0.05) is 19.0 Å². The molecule has 0 heterocycles. The quantitative estimate of drug-likeness (QED) is 0.300. The number of allylic oxidation sites excluding steroid dienone is 1. The van der Waals surface area contributed by atoms with Gasteiger partial charge in [-0.1, -0.05) is 6.08 Å². The van der Waals surface area contributed by atoms with E-state index < -0.39 is 13.5 Å². The number of ketones is 2. The molecule has 1 fully saturated rings. The van der Waals surface area contributed by atoms with Crippen molar-refractivity contribution in [3.63, 3.8) is 0 Å². The Hall–Kier alpha value is -0.770. The van der Waals surface area contributed by atoms with Crippen LogP contribution < -0.4 is 4.89 Å². The van der Waals surface area contributed by atoms with Gasteiger partial charge in [-0.2, -0.15) is 0 Å². The van der Waals surface area contributed by atoms with Crippen LogP contribution in [0.25, 0.3) is 0 Å². The van der Waals surface area contributed by atoms with Crippen LogP contribution in [-0.2, 0) is 18.7 Å². The zero-order chi connectivity index (χ0) is 13.8. The molecule has 0 amide bonds. The summed E-state index contributed by atoms with van der Waals surface area (Å²) in [5, 5.41) is 0. The Labute approximate surface area is 107 Å². The molecule has 0 bridgehead atoms. The van der Waals surface area contributed by atoms with E-state index in [1.165, 1.54) is 6.42 Å². The van der Waals surface area contributed by atoms with Crippen LogP contribution in [0.3, 0.4) is 0 Å². The molecule has 1 radical (unpaired) electrons. The van der Waals surface area contributed by atoms with E-state index in [1.54, 1.807) is 6.08 Å². The highest BCUT2D eigenvalue weighted by atomic mass is 31.2. The van der Waals surface area contributed by atoms with Crippen molar-refractivity contribution in [2.45, 2.75) is 19.3 Å². The first kappa shape index (κ1) is 15.3. The second-order valence-electron chi connectivity index (χ2n) is 4.45. The van der Waals surface area contributed by atoms with Crippen LogP contribution >= 0.6 is 7.60 Å². The molecule has 3 atom stereocenters. The Balaban J connectivity index is 2.39. The monoisotopic (exact) mass is 272 g/mol. The number of hydrogen-bond acceptors (Lipinski definition) is 5. The zero-order valence-electron chi connectivity index (χ0n) is 10.3. The molecule has 101 valence electrons. The van der Waals surface area contributed by atoms with Gasteiger partial charge >= 0.3 is 0 Å². The molecule has 0 spiro atoms. The van der Waals surface area contributed by atoms with Gasteiger partial charge in [0.1, 0.15) is 19.2 Å². The van der Waals surface area contributed by atoms with Crippen molar-refractivity contribution in [2.24, 2.45) is 11.8 Å². The summed E-state index contributed by atoms with van der Waals surface area (Å²) in [5.74, 6) is -0.771. The molecule has 0 aliphatic heterocycles. The summed E-state index contributed by atoms with van der Waals surface area (Å²) in [6, 6.07) is 0. The molecule has 0 aromatic heterocycles. The minimum absolute atomic E-state index is 0.0315. The molecule has 0 aromatic rings. The number of hydrogen-bond donors (Lipinski definition) is 0. The highest BCUT2D eigenvalue weighted by Gasteiger charge is 2.35. The Kier molecular flexibility index (Phi) is 5.45. The summed E-state index contributed by atoms with van der Waals surface area (Å²) in [7, 11) is -3.69. The normalized spacial score (nSPS) is 24.9. The Morgan fingerprint density at radius 2 is 2.33 bits per heavy atom. The molecular formula is C12H17O5P-. The Morgan fingerprint density at radius 3 is 2.78 bits per heavy atom. The van der Waals surface area contributed by atoms with Crippen LogP contribution in [0, 0.1) is 18.3 Å². The fourth-order valence-corrected chi connectivity index (χ4v) is 2.46. The summed E-state index contributed by atoms with van der Waals surface area (Å²) in [5.41, 5.74) is 0. The van der Waals surface area contributed by atoms with Crippen LogP contribution in [0.15, 0.2) is 12.7 Å². The third kappa shape index (κ3) is 4.84. The summed E-state index contributed by atoms with van der Waals surface area (Å²) in [6.07, 6.45) is 4.12. The van der Waals surface area contributed by atoms with E-state index in [0.29, 0.717) is 12.8 Å². The van der Waals surface area contributed by atoms with Gasteiger partial charge in [0.25, 0.3) is 0 Å². The zero-order valence-corrected chi connectivity index (χ0v) is 11.2. The summed E-state index contributed by atoms with van der Waals surface area (Å²) in [4.78, 5) is 33.5. The average Bonchev–Trinajstić information content (AvgIpc) is 2.56. The van der Waals surface area contributed by atoms with Gasteiger partial charge in [0.05, 0.1) is 13.0 Å². The van der Waals surface area contributed by atoms with E-state index in [4.69, 9.17) is 0 Å². The topological polar surface area (TPSA) is 83.5 Å². The van der Waals surface area contributed by atoms with Crippen molar-refractivity contribution in [3.8, 4) is 0 Å². The van der Waals surface area contributed by atoms with Crippen LogP contribution in [0.1, 0.15) is 19.3 Å². The second-order valence-corrected chi connectivity index (χ2v) is 6.25. The van der Waals surface area contributed by atoms with Crippen molar-refractivity contribution in [2.75, 3.05) is 13.3 Å². The minimum Gasteiger partial charge on any atom is -0.779 e. The fourth-order valence-electron chi connectivity index (χ4n) is 2.00. The molecule has 6 heteroatoms. The molecular weight excluding hydrogens is 255 g/mol. The van der Waals surface area contributed by atoms with Gasteiger partial charge in [0.15, 0.2) is 0 Å². The predicted molar refractivity (Wildman–Crippen MR) is 64.8 cm³/mol. The lowest BCUT2D eigenvalue weighted by molar-refractivity contribution is -0.196. The van der Waals surface area contributed by atoms with Gasteiger partial charge in [-0.15, -0.1) is 6.58 Å². The lowest BCUT2D eigenvalue weighted by atomic mass is 9.87. The first-order chi connectivity index (χ1) is 8.33. The first-order valence-corrected chi connectivity index (χ1v) is 7.78. The largest absolute Gasteiger partial charge is 0.779 e. The number of carbonyl (C=O) groups is 2. The van der Waals surface area contributed by atoms with Crippen LogP contribution in [-0.4, -0.2) is 24.8 Å². The standard InChI is InChI=1S/C12H18O5P/c1-3-9(5-4-6-17-18(2,15)16)11-7-10(13)8-12(11)14/h3,7,9,11H,1,4-6,8H2,2H3,(H,15,16)/p-1. The molecule has 1 aliphatic carbocycles. The van der Waals surface area contributed by atoms with Gasteiger partial charge in [-0.25, -0.2) is 0 Å². The molecule has 0 N–H and O–H groups in total. The van der Waals surface area contributed by atoms with E-state index in [-0.39, 0.29) is 30.5 Å².